The Labute approximate surface area is 172 Å². The standard InChI is InChI=1S/C24H30F2N2O/c1-23(2)13-17-20(18(29)14-23)19(15-9-11-24(25,26)12-10-15)22(27-3)21(28-17)16-7-5-4-6-8-16/h15-16H,4-14H2,1-2H3. The Bertz CT molecular complexity index is 853. The van der Waals surface area contributed by atoms with Crippen LogP contribution in [0, 0.1) is 12.0 Å². The number of alkyl halides is 2. The van der Waals surface area contributed by atoms with E-state index in [-0.39, 0.29) is 35.9 Å². The van der Waals surface area contributed by atoms with Crippen LogP contribution in [0.3, 0.4) is 0 Å². The smallest absolute Gasteiger partial charge is 0.248 e. The second kappa shape index (κ2) is 7.45. The highest BCUT2D eigenvalue weighted by atomic mass is 19.3. The van der Waals surface area contributed by atoms with Gasteiger partial charge in [0, 0.05) is 30.5 Å². The van der Waals surface area contributed by atoms with Crippen molar-refractivity contribution >= 4 is 11.5 Å². The Balaban J connectivity index is 1.87. The predicted octanol–water partition coefficient (Wildman–Crippen LogP) is 7.13. The number of aromatic nitrogens is 1. The number of Topliss-reactive ketones (excluding diaryl/α,β-unsaturated/α-hetero) is 1. The third-order valence-electron chi connectivity index (χ3n) is 7.10. The van der Waals surface area contributed by atoms with E-state index >= 15 is 0 Å². The first-order valence-electron chi connectivity index (χ1n) is 11.1. The van der Waals surface area contributed by atoms with Crippen LogP contribution in [0.4, 0.5) is 14.5 Å². The maximum absolute atomic E-state index is 13.8. The van der Waals surface area contributed by atoms with Gasteiger partial charge in [0.1, 0.15) is 0 Å². The number of fused-ring (bicyclic) bond motifs is 1. The molecule has 1 aromatic rings. The minimum atomic E-state index is -2.62. The predicted molar refractivity (Wildman–Crippen MR) is 109 cm³/mol. The van der Waals surface area contributed by atoms with Crippen molar-refractivity contribution in [3.05, 3.63) is 33.9 Å². The Morgan fingerprint density at radius 1 is 1.00 bits per heavy atom. The van der Waals surface area contributed by atoms with E-state index in [9.17, 15) is 13.6 Å². The van der Waals surface area contributed by atoms with E-state index in [1.807, 2.05) is 0 Å². The monoisotopic (exact) mass is 400 g/mol. The van der Waals surface area contributed by atoms with Crippen molar-refractivity contribution < 1.29 is 13.6 Å². The molecule has 0 atom stereocenters. The highest BCUT2D eigenvalue weighted by Gasteiger charge is 2.41. The number of pyridine rings is 1. The Kier molecular flexibility index (Phi) is 5.25. The number of carbonyl (C=O) groups is 1. The molecule has 2 saturated carbocycles. The molecular formula is C24H30F2N2O. The fourth-order valence-electron chi connectivity index (χ4n) is 5.65. The average Bonchev–Trinajstić information content (AvgIpc) is 2.66. The van der Waals surface area contributed by atoms with Crippen molar-refractivity contribution in [2.45, 2.75) is 102 Å². The lowest BCUT2D eigenvalue weighted by molar-refractivity contribution is -0.0382. The quantitative estimate of drug-likeness (QED) is 0.495. The molecule has 1 aromatic heterocycles. The van der Waals surface area contributed by atoms with Gasteiger partial charge in [-0.15, -0.1) is 0 Å². The molecular weight excluding hydrogens is 370 g/mol. The van der Waals surface area contributed by atoms with E-state index in [0.717, 1.165) is 42.6 Å². The third-order valence-corrected chi connectivity index (χ3v) is 7.10. The first-order chi connectivity index (χ1) is 13.7. The Morgan fingerprint density at radius 3 is 2.28 bits per heavy atom. The minimum absolute atomic E-state index is 0.0381. The van der Waals surface area contributed by atoms with Crippen LogP contribution in [0.25, 0.3) is 4.85 Å². The second-order valence-electron chi connectivity index (χ2n) is 10.1. The number of halogens is 2. The molecule has 0 amide bonds. The summed E-state index contributed by atoms with van der Waals surface area (Å²) < 4.78 is 27.6. The van der Waals surface area contributed by atoms with Crippen molar-refractivity contribution in [1.29, 1.82) is 0 Å². The first-order valence-corrected chi connectivity index (χ1v) is 11.1. The zero-order chi connectivity index (χ0) is 20.8. The molecule has 0 aliphatic heterocycles. The number of ketones is 1. The van der Waals surface area contributed by atoms with E-state index in [1.165, 1.54) is 6.42 Å². The van der Waals surface area contributed by atoms with Crippen molar-refractivity contribution in [2.75, 3.05) is 0 Å². The molecule has 0 aromatic carbocycles. The molecule has 156 valence electrons. The third kappa shape index (κ3) is 3.96. The SMILES string of the molecule is [C-]#[N+]c1c(C2CCCCC2)nc2c(c1C1CCC(F)(F)CC1)C(=O)CC(C)(C)C2. The molecule has 0 saturated heterocycles. The summed E-state index contributed by atoms with van der Waals surface area (Å²) in [5.74, 6) is -2.47. The second-order valence-corrected chi connectivity index (χ2v) is 10.1. The van der Waals surface area contributed by atoms with E-state index in [4.69, 9.17) is 11.6 Å². The summed E-state index contributed by atoms with van der Waals surface area (Å²) in [7, 11) is 0. The zero-order valence-electron chi connectivity index (χ0n) is 17.5. The van der Waals surface area contributed by atoms with Crippen LogP contribution >= 0.6 is 0 Å². The number of rotatable bonds is 2. The number of nitrogens with zero attached hydrogens (tertiary/aromatic N) is 2. The van der Waals surface area contributed by atoms with Gasteiger partial charge in [-0.25, -0.2) is 13.6 Å². The molecule has 4 rings (SSSR count). The molecule has 3 nitrogen and oxygen atoms in total. The fourth-order valence-corrected chi connectivity index (χ4v) is 5.65. The van der Waals surface area contributed by atoms with Crippen molar-refractivity contribution in [2.24, 2.45) is 5.41 Å². The maximum atomic E-state index is 13.8. The van der Waals surface area contributed by atoms with E-state index in [1.54, 1.807) is 0 Å². The van der Waals surface area contributed by atoms with Crippen molar-refractivity contribution in [1.82, 2.24) is 4.98 Å². The van der Waals surface area contributed by atoms with E-state index < -0.39 is 5.92 Å². The van der Waals surface area contributed by atoms with Gasteiger partial charge in [-0.05, 0) is 54.9 Å². The number of hydrogen-bond donors (Lipinski definition) is 0. The topological polar surface area (TPSA) is 34.3 Å². The van der Waals surface area contributed by atoms with Gasteiger partial charge in [0.25, 0.3) is 0 Å². The summed E-state index contributed by atoms with van der Waals surface area (Å²) in [5, 5.41) is 0. The van der Waals surface area contributed by atoms with Gasteiger partial charge in [-0.1, -0.05) is 33.1 Å². The van der Waals surface area contributed by atoms with Crippen LogP contribution in [-0.4, -0.2) is 16.7 Å². The zero-order valence-corrected chi connectivity index (χ0v) is 17.5. The van der Waals surface area contributed by atoms with Gasteiger partial charge in [0.15, 0.2) is 5.78 Å². The molecule has 5 heteroatoms. The molecule has 29 heavy (non-hydrogen) atoms. The van der Waals surface area contributed by atoms with Gasteiger partial charge in [-0.2, -0.15) is 0 Å². The minimum Gasteiger partial charge on any atom is -0.294 e. The summed E-state index contributed by atoms with van der Waals surface area (Å²) in [6.07, 6.45) is 7.02. The highest BCUT2D eigenvalue weighted by molar-refractivity contribution is 6.01. The van der Waals surface area contributed by atoms with Crippen molar-refractivity contribution in [3.63, 3.8) is 0 Å². The lowest BCUT2D eigenvalue weighted by Crippen LogP contribution is -2.31. The van der Waals surface area contributed by atoms with Crippen LogP contribution in [0.1, 0.15) is 117 Å². The van der Waals surface area contributed by atoms with Crippen LogP contribution in [-0.2, 0) is 6.42 Å². The molecule has 0 spiro atoms. The van der Waals surface area contributed by atoms with Crippen LogP contribution in [0.2, 0.25) is 0 Å². The van der Waals surface area contributed by atoms with Gasteiger partial charge < -0.3 is 0 Å². The Morgan fingerprint density at radius 2 is 1.66 bits per heavy atom. The normalized spacial score (nSPS) is 24.7. The van der Waals surface area contributed by atoms with E-state index in [0.29, 0.717) is 36.9 Å². The van der Waals surface area contributed by atoms with Gasteiger partial charge in [-0.3, -0.25) is 9.78 Å². The molecule has 2 fully saturated rings. The average molecular weight is 401 g/mol. The van der Waals surface area contributed by atoms with E-state index in [2.05, 4.69) is 18.7 Å². The number of hydrogen-bond acceptors (Lipinski definition) is 2. The molecule has 0 unspecified atom stereocenters. The lowest BCUT2D eigenvalue weighted by atomic mass is 9.70. The highest BCUT2D eigenvalue weighted by Crippen LogP contribution is 2.50. The van der Waals surface area contributed by atoms with Crippen LogP contribution < -0.4 is 0 Å². The first kappa shape index (κ1) is 20.4. The molecule has 0 N–H and O–H groups in total. The lowest BCUT2D eigenvalue weighted by Gasteiger charge is -2.36. The molecule has 3 aliphatic rings. The Hall–Kier alpha value is -1.83. The summed E-state index contributed by atoms with van der Waals surface area (Å²) in [4.78, 5) is 22.0. The molecule has 0 radical (unpaired) electrons. The van der Waals surface area contributed by atoms with Crippen LogP contribution in [0.15, 0.2) is 0 Å². The fraction of sp³-hybridized carbons (Fsp3) is 0.708. The molecule has 0 bridgehead atoms. The maximum Gasteiger partial charge on any atom is 0.248 e. The molecule has 1 heterocycles. The van der Waals surface area contributed by atoms with Crippen LogP contribution in [0.5, 0.6) is 0 Å². The summed E-state index contributed by atoms with van der Waals surface area (Å²) in [6, 6.07) is 0. The van der Waals surface area contributed by atoms with Gasteiger partial charge in [0.05, 0.1) is 12.3 Å². The van der Waals surface area contributed by atoms with Gasteiger partial charge in [0.2, 0.25) is 11.6 Å². The largest absolute Gasteiger partial charge is 0.294 e. The summed E-state index contributed by atoms with van der Waals surface area (Å²) in [5.41, 5.74) is 3.38. The van der Waals surface area contributed by atoms with Crippen molar-refractivity contribution in [3.8, 4) is 0 Å². The number of carbonyl (C=O) groups excluding carboxylic acids is 1. The summed E-state index contributed by atoms with van der Waals surface area (Å²) >= 11 is 0. The van der Waals surface area contributed by atoms with Gasteiger partial charge >= 0.3 is 0 Å². The molecule has 3 aliphatic carbocycles. The summed E-state index contributed by atoms with van der Waals surface area (Å²) in [6.45, 7) is 12.1.